The minimum atomic E-state index is -3.34. The van der Waals surface area contributed by atoms with Crippen molar-refractivity contribution in [3.63, 3.8) is 0 Å². The summed E-state index contributed by atoms with van der Waals surface area (Å²) in [4.78, 5) is 0.352. The van der Waals surface area contributed by atoms with Crippen LogP contribution in [0, 0.1) is 3.57 Å². The van der Waals surface area contributed by atoms with Gasteiger partial charge < -0.3 is 0 Å². The molecule has 0 heterocycles. The molecule has 1 aromatic carbocycles. The van der Waals surface area contributed by atoms with Crippen LogP contribution in [0.1, 0.15) is 71.1 Å². The Bertz CT molecular complexity index is 514. The van der Waals surface area contributed by atoms with Crippen LogP contribution < -0.4 is 4.72 Å². The standard InChI is InChI=1S/C18H30INO2S/c1-2-3-4-5-6-7-8-9-10-11-16-20-23(21,22)18-14-12-17(19)13-15-18/h12-15,20H,2-11,16H2,1H3. The fourth-order valence-corrected chi connectivity index (χ4v) is 3.95. The summed E-state index contributed by atoms with van der Waals surface area (Å²) in [5, 5.41) is 0. The van der Waals surface area contributed by atoms with Crippen molar-refractivity contribution >= 4 is 32.6 Å². The van der Waals surface area contributed by atoms with Gasteiger partial charge in [0, 0.05) is 10.1 Å². The van der Waals surface area contributed by atoms with Crippen molar-refractivity contribution in [2.45, 2.75) is 76.0 Å². The van der Waals surface area contributed by atoms with Crippen LogP contribution in [0.2, 0.25) is 0 Å². The highest BCUT2D eigenvalue weighted by Gasteiger charge is 2.12. The summed E-state index contributed by atoms with van der Waals surface area (Å²) in [6.07, 6.45) is 12.6. The Morgan fingerprint density at radius 2 is 1.30 bits per heavy atom. The number of hydrogen-bond acceptors (Lipinski definition) is 2. The quantitative estimate of drug-likeness (QED) is 0.319. The molecule has 1 aromatic rings. The predicted molar refractivity (Wildman–Crippen MR) is 106 cm³/mol. The van der Waals surface area contributed by atoms with Crippen LogP contribution >= 0.6 is 22.6 Å². The van der Waals surface area contributed by atoms with Gasteiger partial charge in [0.15, 0.2) is 0 Å². The zero-order valence-electron chi connectivity index (χ0n) is 14.2. The van der Waals surface area contributed by atoms with E-state index in [1.807, 2.05) is 12.1 Å². The van der Waals surface area contributed by atoms with E-state index in [9.17, 15) is 8.42 Å². The highest BCUT2D eigenvalue weighted by Crippen LogP contribution is 2.13. The van der Waals surface area contributed by atoms with E-state index in [0.29, 0.717) is 11.4 Å². The summed E-state index contributed by atoms with van der Waals surface area (Å²) in [5.41, 5.74) is 0. The van der Waals surface area contributed by atoms with Crippen molar-refractivity contribution in [3.05, 3.63) is 27.8 Å². The van der Waals surface area contributed by atoms with E-state index in [2.05, 4.69) is 34.2 Å². The molecule has 0 radical (unpaired) electrons. The Kier molecular flexibility index (Phi) is 11.1. The van der Waals surface area contributed by atoms with E-state index >= 15 is 0 Å². The summed E-state index contributed by atoms with van der Waals surface area (Å²) in [7, 11) is -3.34. The Balaban J connectivity index is 2.05. The minimum Gasteiger partial charge on any atom is -0.211 e. The molecule has 0 fully saturated rings. The molecule has 0 saturated carbocycles. The van der Waals surface area contributed by atoms with Crippen LogP contribution in [-0.4, -0.2) is 15.0 Å². The lowest BCUT2D eigenvalue weighted by Gasteiger charge is -2.07. The van der Waals surface area contributed by atoms with Crippen molar-refractivity contribution in [2.75, 3.05) is 6.54 Å². The maximum absolute atomic E-state index is 12.1. The molecule has 0 bridgehead atoms. The van der Waals surface area contributed by atoms with Gasteiger partial charge in [-0.1, -0.05) is 64.7 Å². The molecule has 0 spiro atoms. The molecule has 0 unspecified atom stereocenters. The summed E-state index contributed by atoms with van der Waals surface area (Å²) < 4.78 is 27.9. The van der Waals surface area contributed by atoms with Crippen molar-refractivity contribution in [2.24, 2.45) is 0 Å². The van der Waals surface area contributed by atoms with Gasteiger partial charge in [0.1, 0.15) is 0 Å². The fourth-order valence-electron chi connectivity index (χ4n) is 2.52. The Morgan fingerprint density at radius 1 is 0.826 bits per heavy atom. The molecule has 0 aliphatic rings. The zero-order valence-corrected chi connectivity index (χ0v) is 17.2. The molecule has 0 aromatic heterocycles. The summed E-state index contributed by atoms with van der Waals surface area (Å²) in [5.74, 6) is 0. The Labute approximate surface area is 155 Å². The second-order valence-corrected chi connectivity index (χ2v) is 9.05. The molecule has 0 aliphatic carbocycles. The smallest absolute Gasteiger partial charge is 0.211 e. The Hall–Kier alpha value is -0.140. The normalized spacial score (nSPS) is 11.7. The van der Waals surface area contributed by atoms with Gasteiger partial charge in [0.05, 0.1) is 4.90 Å². The van der Waals surface area contributed by atoms with E-state index in [-0.39, 0.29) is 0 Å². The SMILES string of the molecule is CCCCCCCCCCCCNS(=O)(=O)c1ccc(I)cc1. The lowest BCUT2D eigenvalue weighted by Crippen LogP contribution is -2.24. The van der Waals surface area contributed by atoms with E-state index in [0.717, 1.165) is 16.4 Å². The maximum atomic E-state index is 12.1. The van der Waals surface area contributed by atoms with Gasteiger partial charge in [0.25, 0.3) is 0 Å². The van der Waals surface area contributed by atoms with E-state index in [4.69, 9.17) is 0 Å². The molecule has 0 atom stereocenters. The van der Waals surface area contributed by atoms with Crippen LogP contribution in [0.5, 0.6) is 0 Å². The monoisotopic (exact) mass is 451 g/mol. The van der Waals surface area contributed by atoms with Gasteiger partial charge in [0.2, 0.25) is 10.0 Å². The van der Waals surface area contributed by atoms with Gasteiger partial charge in [-0.15, -0.1) is 0 Å². The molecule has 0 amide bonds. The van der Waals surface area contributed by atoms with Crippen LogP contribution in [0.15, 0.2) is 29.2 Å². The lowest BCUT2D eigenvalue weighted by atomic mass is 10.1. The predicted octanol–water partition coefficient (Wildman–Crippen LogP) is 5.49. The minimum absolute atomic E-state index is 0.352. The van der Waals surface area contributed by atoms with E-state index in [1.54, 1.807) is 12.1 Å². The third-order valence-electron chi connectivity index (χ3n) is 3.95. The molecular weight excluding hydrogens is 421 g/mol. The van der Waals surface area contributed by atoms with Crippen LogP contribution in [0.3, 0.4) is 0 Å². The summed E-state index contributed by atoms with van der Waals surface area (Å²) >= 11 is 2.17. The topological polar surface area (TPSA) is 46.2 Å². The largest absolute Gasteiger partial charge is 0.240 e. The second-order valence-electron chi connectivity index (χ2n) is 6.03. The molecular formula is C18H30INO2S. The van der Waals surface area contributed by atoms with Gasteiger partial charge in [-0.2, -0.15) is 0 Å². The first-order chi connectivity index (χ1) is 11.1. The lowest BCUT2D eigenvalue weighted by molar-refractivity contribution is 0.549. The molecule has 0 aliphatic heterocycles. The van der Waals surface area contributed by atoms with Gasteiger partial charge in [-0.25, -0.2) is 13.1 Å². The first-order valence-corrected chi connectivity index (χ1v) is 11.4. The molecule has 132 valence electrons. The van der Waals surface area contributed by atoms with Crippen molar-refractivity contribution in [1.29, 1.82) is 0 Å². The molecule has 23 heavy (non-hydrogen) atoms. The number of unbranched alkanes of at least 4 members (excludes halogenated alkanes) is 9. The van der Waals surface area contributed by atoms with Crippen molar-refractivity contribution in [1.82, 2.24) is 4.72 Å². The van der Waals surface area contributed by atoms with Crippen LogP contribution in [-0.2, 0) is 10.0 Å². The van der Waals surface area contributed by atoms with Crippen LogP contribution in [0.4, 0.5) is 0 Å². The molecule has 0 saturated heterocycles. The Morgan fingerprint density at radius 3 is 1.83 bits per heavy atom. The maximum Gasteiger partial charge on any atom is 0.240 e. The summed E-state index contributed by atoms with van der Waals surface area (Å²) in [6, 6.07) is 6.94. The number of halogens is 1. The first kappa shape index (κ1) is 20.9. The molecule has 3 nitrogen and oxygen atoms in total. The van der Waals surface area contributed by atoms with Crippen LogP contribution in [0.25, 0.3) is 0 Å². The highest BCUT2D eigenvalue weighted by molar-refractivity contribution is 14.1. The average molecular weight is 451 g/mol. The van der Waals surface area contributed by atoms with E-state index in [1.165, 1.54) is 51.4 Å². The average Bonchev–Trinajstić information content (AvgIpc) is 2.53. The fraction of sp³-hybridized carbons (Fsp3) is 0.667. The number of benzene rings is 1. The number of sulfonamides is 1. The number of nitrogens with one attached hydrogen (secondary N) is 1. The third kappa shape index (κ3) is 9.67. The van der Waals surface area contributed by atoms with E-state index < -0.39 is 10.0 Å². The number of rotatable bonds is 13. The van der Waals surface area contributed by atoms with Gasteiger partial charge >= 0.3 is 0 Å². The third-order valence-corrected chi connectivity index (χ3v) is 6.14. The molecule has 5 heteroatoms. The second kappa shape index (κ2) is 12.3. The molecule has 1 rings (SSSR count). The molecule has 1 N–H and O–H groups in total. The number of hydrogen-bond donors (Lipinski definition) is 1. The van der Waals surface area contributed by atoms with Crippen molar-refractivity contribution < 1.29 is 8.42 Å². The summed E-state index contributed by atoms with van der Waals surface area (Å²) in [6.45, 7) is 2.78. The highest BCUT2D eigenvalue weighted by atomic mass is 127. The van der Waals surface area contributed by atoms with Gasteiger partial charge in [-0.05, 0) is 53.3 Å². The first-order valence-electron chi connectivity index (χ1n) is 8.81. The van der Waals surface area contributed by atoms with Crippen molar-refractivity contribution in [3.8, 4) is 0 Å². The zero-order chi connectivity index (χ0) is 17.0. The van der Waals surface area contributed by atoms with Gasteiger partial charge in [-0.3, -0.25) is 0 Å².